The first-order valence-electron chi connectivity index (χ1n) is 5.17. The lowest BCUT2D eigenvalue weighted by Gasteiger charge is -2.26. The molecule has 0 bridgehead atoms. The van der Waals surface area contributed by atoms with E-state index in [1.165, 1.54) is 6.26 Å². The number of hydrogen-bond donors (Lipinski definition) is 1. The van der Waals surface area contributed by atoms with E-state index in [1.54, 1.807) is 4.90 Å². The first kappa shape index (κ1) is 11.8. The Morgan fingerprint density at radius 2 is 2.27 bits per heavy atom. The molecule has 0 atom stereocenters. The fraction of sp³-hybridized carbons (Fsp3) is 0.700. The second-order valence-corrected chi connectivity index (χ2v) is 3.22. The Balaban J connectivity index is 2.04. The Morgan fingerprint density at radius 1 is 1.53 bits per heavy atom. The van der Waals surface area contributed by atoms with Crippen LogP contribution in [0.15, 0.2) is 12.8 Å². The first-order valence-corrected chi connectivity index (χ1v) is 5.17. The minimum absolute atomic E-state index is 0.0168. The van der Waals surface area contributed by atoms with Gasteiger partial charge in [0, 0.05) is 19.6 Å². The Hall–Kier alpha value is -1.23. The quantitative estimate of drug-likeness (QED) is 0.538. The van der Waals surface area contributed by atoms with Gasteiger partial charge in [-0.05, 0) is 6.42 Å². The van der Waals surface area contributed by atoms with Crippen LogP contribution in [0.1, 0.15) is 6.42 Å². The van der Waals surface area contributed by atoms with Crippen LogP contribution in [0.3, 0.4) is 0 Å². The number of nitrogens with zero attached hydrogens (tertiary/aromatic N) is 1. The zero-order chi connectivity index (χ0) is 10.9. The van der Waals surface area contributed by atoms with Crippen LogP contribution in [-0.4, -0.2) is 50.4 Å². The van der Waals surface area contributed by atoms with Gasteiger partial charge in [0.2, 0.25) is 0 Å². The van der Waals surface area contributed by atoms with Crippen molar-refractivity contribution in [3.8, 4) is 0 Å². The fourth-order valence-corrected chi connectivity index (χ4v) is 1.31. The lowest BCUT2D eigenvalue weighted by Crippen LogP contribution is -2.46. The van der Waals surface area contributed by atoms with Crippen molar-refractivity contribution < 1.29 is 14.3 Å². The molecule has 5 nitrogen and oxygen atoms in total. The number of amides is 2. The first-order chi connectivity index (χ1) is 7.34. The van der Waals surface area contributed by atoms with E-state index in [1.807, 2.05) is 0 Å². The van der Waals surface area contributed by atoms with Crippen molar-refractivity contribution in [3.05, 3.63) is 12.8 Å². The van der Waals surface area contributed by atoms with Gasteiger partial charge in [0.15, 0.2) is 0 Å². The molecule has 0 aliphatic carbocycles. The molecule has 1 aliphatic heterocycles. The van der Waals surface area contributed by atoms with Gasteiger partial charge in [-0.1, -0.05) is 6.58 Å². The van der Waals surface area contributed by atoms with E-state index in [4.69, 9.17) is 9.47 Å². The lowest BCUT2D eigenvalue weighted by atomic mass is 10.4. The molecule has 1 N–H and O–H groups in total. The van der Waals surface area contributed by atoms with Gasteiger partial charge in [0.25, 0.3) is 0 Å². The van der Waals surface area contributed by atoms with Crippen LogP contribution < -0.4 is 5.32 Å². The largest absolute Gasteiger partial charge is 0.502 e. The van der Waals surface area contributed by atoms with Crippen LogP contribution in [0.2, 0.25) is 0 Å². The van der Waals surface area contributed by atoms with E-state index in [2.05, 4.69) is 11.9 Å². The van der Waals surface area contributed by atoms with Crippen molar-refractivity contribution in [2.75, 3.05) is 39.5 Å². The summed E-state index contributed by atoms with van der Waals surface area (Å²) in [7, 11) is 0. The normalized spacial score (nSPS) is 15.9. The Labute approximate surface area is 90.0 Å². The molecule has 0 aromatic heterocycles. The number of rotatable bonds is 5. The third-order valence-corrected chi connectivity index (χ3v) is 2.13. The molecule has 0 aromatic carbocycles. The van der Waals surface area contributed by atoms with Gasteiger partial charge < -0.3 is 19.7 Å². The molecule has 0 aromatic rings. The van der Waals surface area contributed by atoms with Crippen molar-refractivity contribution >= 4 is 6.03 Å². The summed E-state index contributed by atoms with van der Waals surface area (Å²) in [5.74, 6) is 0. The SMILES string of the molecule is C=COCCCNC(=O)N1CCOCC1. The molecule has 1 heterocycles. The summed E-state index contributed by atoms with van der Waals surface area (Å²) in [6.07, 6.45) is 2.20. The molecule has 15 heavy (non-hydrogen) atoms. The summed E-state index contributed by atoms with van der Waals surface area (Å²) in [6, 6.07) is -0.0168. The predicted octanol–water partition coefficient (Wildman–Crippen LogP) is 0.578. The van der Waals surface area contributed by atoms with Gasteiger partial charge in [-0.25, -0.2) is 4.79 Å². The van der Waals surface area contributed by atoms with E-state index >= 15 is 0 Å². The minimum atomic E-state index is -0.0168. The van der Waals surface area contributed by atoms with E-state index in [-0.39, 0.29) is 6.03 Å². The van der Waals surface area contributed by atoms with Gasteiger partial charge in [-0.2, -0.15) is 0 Å². The molecule has 2 amide bonds. The number of urea groups is 1. The molecule has 0 radical (unpaired) electrons. The highest BCUT2D eigenvalue weighted by atomic mass is 16.5. The third-order valence-electron chi connectivity index (χ3n) is 2.13. The summed E-state index contributed by atoms with van der Waals surface area (Å²) in [6.45, 7) is 7.27. The zero-order valence-corrected chi connectivity index (χ0v) is 8.91. The number of carbonyl (C=O) groups excluding carboxylic acids is 1. The molecule has 1 saturated heterocycles. The highest BCUT2D eigenvalue weighted by Crippen LogP contribution is 1.96. The van der Waals surface area contributed by atoms with Crippen LogP contribution in [-0.2, 0) is 9.47 Å². The smallest absolute Gasteiger partial charge is 0.317 e. The number of carbonyl (C=O) groups is 1. The van der Waals surface area contributed by atoms with Gasteiger partial charge in [-0.3, -0.25) is 0 Å². The summed E-state index contributed by atoms with van der Waals surface area (Å²) in [5.41, 5.74) is 0. The standard InChI is InChI=1S/C10H18N2O3/c1-2-14-7-3-4-11-10(13)12-5-8-15-9-6-12/h2H,1,3-9H2,(H,11,13). The van der Waals surface area contributed by atoms with Crippen molar-refractivity contribution in [1.29, 1.82) is 0 Å². The van der Waals surface area contributed by atoms with Crippen molar-refractivity contribution in [2.24, 2.45) is 0 Å². The molecular weight excluding hydrogens is 196 g/mol. The molecule has 1 fully saturated rings. The average Bonchev–Trinajstić information content (AvgIpc) is 2.30. The summed E-state index contributed by atoms with van der Waals surface area (Å²) < 4.78 is 10.1. The van der Waals surface area contributed by atoms with Crippen LogP contribution in [0.4, 0.5) is 4.79 Å². The minimum Gasteiger partial charge on any atom is -0.502 e. The maximum Gasteiger partial charge on any atom is 0.317 e. The maximum absolute atomic E-state index is 11.5. The molecule has 86 valence electrons. The van der Waals surface area contributed by atoms with E-state index in [0.717, 1.165) is 6.42 Å². The topological polar surface area (TPSA) is 50.8 Å². The van der Waals surface area contributed by atoms with Crippen LogP contribution in [0.25, 0.3) is 0 Å². The predicted molar refractivity (Wildman–Crippen MR) is 56.6 cm³/mol. The van der Waals surface area contributed by atoms with Crippen LogP contribution in [0, 0.1) is 0 Å². The fourth-order valence-electron chi connectivity index (χ4n) is 1.31. The lowest BCUT2D eigenvalue weighted by molar-refractivity contribution is 0.0531. The summed E-state index contributed by atoms with van der Waals surface area (Å²) in [5, 5.41) is 2.83. The Kier molecular flexibility index (Phi) is 5.62. The van der Waals surface area contributed by atoms with Crippen LogP contribution in [0.5, 0.6) is 0 Å². The second kappa shape index (κ2) is 7.11. The Morgan fingerprint density at radius 3 is 2.93 bits per heavy atom. The van der Waals surface area contributed by atoms with E-state index < -0.39 is 0 Å². The number of nitrogens with one attached hydrogen (secondary N) is 1. The Bertz CT molecular complexity index is 203. The molecule has 1 rings (SSSR count). The van der Waals surface area contributed by atoms with Gasteiger partial charge in [0.1, 0.15) is 0 Å². The number of ether oxygens (including phenoxy) is 2. The molecule has 1 aliphatic rings. The highest BCUT2D eigenvalue weighted by Gasteiger charge is 2.15. The summed E-state index contributed by atoms with van der Waals surface area (Å²) in [4.78, 5) is 13.3. The van der Waals surface area contributed by atoms with E-state index in [9.17, 15) is 4.79 Å². The zero-order valence-electron chi connectivity index (χ0n) is 8.91. The summed E-state index contributed by atoms with van der Waals surface area (Å²) >= 11 is 0. The average molecular weight is 214 g/mol. The number of morpholine rings is 1. The molecular formula is C10H18N2O3. The van der Waals surface area contributed by atoms with Gasteiger partial charge in [0.05, 0.1) is 26.1 Å². The number of hydrogen-bond acceptors (Lipinski definition) is 3. The molecule has 0 unspecified atom stereocenters. The van der Waals surface area contributed by atoms with Gasteiger partial charge in [-0.15, -0.1) is 0 Å². The monoisotopic (exact) mass is 214 g/mol. The third kappa shape index (κ3) is 4.69. The van der Waals surface area contributed by atoms with Crippen molar-refractivity contribution in [2.45, 2.75) is 6.42 Å². The van der Waals surface area contributed by atoms with Crippen molar-refractivity contribution in [3.63, 3.8) is 0 Å². The van der Waals surface area contributed by atoms with Gasteiger partial charge >= 0.3 is 6.03 Å². The molecule has 5 heteroatoms. The van der Waals surface area contributed by atoms with Crippen molar-refractivity contribution in [1.82, 2.24) is 10.2 Å². The molecule has 0 saturated carbocycles. The maximum atomic E-state index is 11.5. The highest BCUT2D eigenvalue weighted by molar-refractivity contribution is 5.74. The second-order valence-electron chi connectivity index (χ2n) is 3.22. The van der Waals surface area contributed by atoms with E-state index in [0.29, 0.717) is 39.5 Å². The molecule has 0 spiro atoms. The van der Waals surface area contributed by atoms with Crippen LogP contribution >= 0.6 is 0 Å².